The Morgan fingerprint density at radius 1 is 1.20 bits per heavy atom. The second-order valence-electron chi connectivity index (χ2n) is 5.94. The van der Waals surface area contributed by atoms with Gasteiger partial charge in [-0.15, -0.1) is 0 Å². The first-order valence-corrected chi connectivity index (χ1v) is 7.81. The fraction of sp³-hybridized carbons (Fsp3) is 0.867. The first kappa shape index (κ1) is 15.4. The summed E-state index contributed by atoms with van der Waals surface area (Å²) in [6.07, 6.45) is 7.67. The van der Waals surface area contributed by atoms with Gasteiger partial charge in [-0.2, -0.15) is 5.10 Å². The van der Waals surface area contributed by atoms with Gasteiger partial charge in [0.25, 0.3) is 0 Å². The topological polar surface area (TPSA) is 62.7 Å². The predicted molar refractivity (Wildman–Crippen MR) is 79.6 cm³/mol. The number of carbonyl (C=O) groups is 1. The van der Waals surface area contributed by atoms with Gasteiger partial charge in [-0.05, 0) is 52.0 Å². The second kappa shape index (κ2) is 7.74. The maximum atomic E-state index is 12.1. The van der Waals surface area contributed by atoms with Crippen molar-refractivity contribution in [3.05, 3.63) is 0 Å². The summed E-state index contributed by atoms with van der Waals surface area (Å²) in [4.78, 5) is 12.1. The lowest BCUT2D eigenvalue weighted by Crippen LogP contribution is -2.41. The van der Waals surface area contributed by atoms with E-state index in [1.807, 2.05) is 6.92 Å². The molecule has 0 aromatic carbocycles. The molecule has 5 heteroatoms. The summed E-state index contributed by atoms with van der Waals surface area (Å²) in [7, 11) is 1.75. The van der Waals surface area contributed by atoms with E-state index < -0.39 is 0 Å². The van der Waals surface area contributed by atoms with Crippen LogP contribution in [0.25, 0.3) is 0 Å². The molecule has 1 unspecified atom stereocenters. The standard InChI is InChI=1S/C15H27N3O2/c1-11(14-5-3-4-10-16-14)17-18-15(19)12-6-8-13(20-2)9-7-12/h12-14,16H,3-10H2,1-2H3,(H,18,19)/b17-11+. The van der Waals surface area contributed by atoms with Crippen molar-refractivity contribution < 1.29 is 9.53 Å². The molecule has 1 aliphatic heterocycles. The first-order valence-electron chi connectivity index (χ1n) is 7.81. The molecule has 0 spiro atoms. The van der Waals surface area contributed by atoms with Crippen LogP contribution in [0.3, 0.4) is 0 Å². The van der Waals surface area contributed by atoms with Gasteiger partial charge in [-0.25, -0.2) is 5.43 Å². The third-order valence-electron chi connectivity index (χ3n) is 4.54. The molecule has 0 radical (unpaired) electrons. The normalized spacial score (nSPS) is 31.9. The van der Waals surface area contributed by atoms with E-state index in [9.17, 15) is 4.79 Å². The summed E-state index contributed by atoms with van der Waals surface area (Å²) in [6, 6.07) is 0.327. The molecule has 0 aromatic heterocycles. The number of piperidine rings is 1. The van der Waals surface area contributed by atoms with Crippen molar-refractivity contribution in [1.29, 1.82) is 0 Å². The number of hydrazone groups is 1. The Labute approximate surface area is 121 Å². The van der Waals surface area contributed by atoms with E-state index >= 15 is 0 Å². The zero-order chi connectivity index (χ0) is 14.4. The summed E-state index contributed by atoms with van der Waals surface area (Å²) in [5.41, 5.74) is 3.74. The Balaban J connectivity index is 1.76. The van der Waals surface area contributed by atoms with E-state index in [0.717, 1.165) is 44.4 Å². The van der Waals surface area contributed by atoms with Crippen LogP contribution in [-0.4, -0.2) is 37.4 Å². The van der Waals surface area contributed by atoms with Gasteiger partial charge in [-0.3, -0.25) is 4.79 Å². The highest BCUT2D eigenvalue weighted by Gasteiger charge is 2.26. The van der Waals surface area contributed by atoms with Gasteiger partial charge in [0, 0.05) is 19.1 Å². The maximum absolute atomic E-state index is 12.1. The summed E-state index contributed by atoms with van der Waals surface area (Å²) in [5, 5.41) is 7.72. The van der Waals surface area contributed by atoms with Gasteiger partial charge in [0.05, 0.1) is 11.8 Å². The molecule has 20 heavy (non-hydrogen) atoms. The van der Waals surface area contributed by atoms with Crippen LogP contribution in [0.2, 0.25) is 0 Å². The van der Waals surface area contributed by atoms with Crippen LogP contribution in [-0.2, 0) is 9.53 Å². The Morgan fingerprint density at radius 3 is 2.55 bits per heavy atom. The Hall–Kier alpha value is -0.940. The number of hydrogen-bond donors (Lipinski definition) is 2. The van der Waals surface area contributed by atoms with E-state index in [-0.39, 0.29) is 11.8 Å². The third kappa shape index (κ3) is 4.28. The number of nitrogens with one attached hydrogen (secondary N) is 2. The average Bonchev–Trinajstić information content (AvgIpc) is 2.53. The fourth-order valence-electron chi connectivity index (χ4n) is 3.08. The first-order chi connectivity index (χ1) is 9.70. The SMILES string of the molecule is COC1CCC(C(=O)N/N=C(\C)C2CCCCN2)CC1. The molecule has 1 saturated heterocycles. The second-order valence-corrected chi connectivity index (χ2v) is 5.94. The molecule has 0 aromatic rings. The Kier molecular flexibility index (Phi) is 5.98. The molecule has 2 aliphatic rings. The third-order valence-corrected chi connectivity index (χ3v) is 4.54. The zero-order valence-corrected chi connectivity index (χ0v) is 12.7. The van der Waals surface area contributed by atoms with Gasteiger partial charge in [0.2, 0.25) is 5.91 Å². The monoisotopic (exact) mass is 281 g/mol. The van der Waals surface area contributed by atoms with Crippen LogP contribution in [0.1, 0.15) is 51.9 Å². The number of methoxy groups -OCH3 is 1. The molecule has 1 aliphatic carbocycles. The van der Waals surface area contributed by atoms with Crippen LogP contribution in [0.4, 0.5) is 0 Å². The van der Waals surface area contributed by atoms with Crippen molar-refractivity contribution in [2.45, 2.75) is 64.0 Å². The van der Waals surface area contributed by atoms with Crippen molar-refractivity contribution in [3.63, 3.8) is 0 Å². The minimum Gasteiger partial charge on any atom is -0.381 e. The highest BCUT2D eigenvalue weighted by Crippen LogP contribution is 2.25. The van der Waals surface area contributed by atoms with Crippen molar-refractivity contribution in [1.82, 2.24) is 10.7 Å². The summed E-state index contributed by atoms with van der Waals surface area (Å²) in [6.45, 7) is 3.04. The largest absolute Gasteiger partial charge is 0.381 e. The molecular formula is C15H27N3O2. The quantitative estimate of drug-likeness (QED) is 0.610. The summed E-state index contributed by atoms with van der Waals surface area (Å²) >= 11 is 0. The molecular weight excluding hydrogens is 254 g/mol. The van der Waals surface area contributed by atoms with E-state index in [2.05, 4.69) is 15.8 Å². The molecule has 1 atom stereocenters. The van der Waals surface area contributed by atoms with Gasteiger partial charge >= 0.3 is 0 Å². The van der Waals surface area contributed by atoms with Crippen LogP contribution in [0.15, 0.2) is 5.10 Å². The number of amides is 1. The molecule has 5 nitrogen and oxygen atoms in total. The Bertz CT molecular complexity index is 343. The molecule has 1 saturated carbocycles. The number of hydrogen-bond acceptors (Lipinski definition) is 4. The molecule has 2 N–H and O–H groups in total. The minimum absolute atomic E-state index is 0.0645. The van der Waals surface area contributed by atoms with Gasteiger partial charge in [0.15, 0.2) is 0 Å². The lowest BCUT2D eigenvalue weighted by atomic mass is 9.87. The van der Waals surface area contributed by atoms with Crippen molar-refractivity contribution in [2.24, 2.45) is 11.0 Å². The van der Waals surface area contributed by atoms with Crippen LogP contribution >= 0.6 is 0 Å². The summed E-state index contributed by atoms with van der Waals surface area (Å²) in [5.74, 6) is 0.159. The summed E-state index contributed by atoms with van der Waals surface area (Å²) < 4.78 is 5.33. The number of nitrogens with zero attached hydrogens (tertiary/aromatic N) is 1. The fourth-order valence-corrected chi connectivity index (χ4v) is 3.08. The van der Waals surface area contributed by atoms with Crippen molar-refractivity contribution in [3.8, 4) is 0 Å². The Morgan fingerprint density at radius 2 is 1.95 bits per heavy atom. The lowest BCUT2D eigenvalue weighted by Gasteiger charge is -2.26. The predicted octanol–water partition coefficient (Wildman–Crippen LogP) is 1.83. The highest BCUT2D eigenvalue weighted by molar-refractivity contribution is 5.89. The van der Waals surface area contributed by atoms with Crippen molar-refractivity contribution in [2.75, 3.05) is 13.7 Å². The smallest absolute Gasteiger partial charge is 0.243 e. The zero-order valence-electron chi connectivity index (χ0n) is 12.7. The molecule has 2 fully saturated rings. The van der Waals surface area contributed by atoms with Crippen molar-refractivity contribution >= 4 is 11.6 Å². The van der Waals surface area contributed by atoms with Gasteiger partial charge in [-0.1, -0.05) is 6.42 Å². The number of ether oxygens (including phenoxy) is 1. The van der Waals surface area contributed by atoms with Crippen LogP contribution in [0.5, 0.6) is 0 Å². The van der Waals surface area contributed by atoms with Gasteiger partial charge < -0.3 is 10.1 Å². The highest BCUT2D eigenvalue weighted by atomic mass is 16.5. The van der Waals surface area contributed by atoms with Crippen LogP contribution in [0, 0.1) is 5.92 Å². The molecule has 1 heterocycles. The minimum atomic E-state index is 0.0645. The van der Waals surface area contributed by atoms with E-state index in [1.54, 1.807) is 7.11 Å². The van der Waals surface area contributed by atoms with E-state index in [4.69, 9.17) is 4.74 Å². The molecule has 0 bridgehead atoms. The molecule has 2 rings (SSSR count). The lowest BCUT2D eigenvalue weighted by molar-refractivity contribution is -0.126. The van der Waals surface area contributed by atoms with Crippen LogP contribution < -0.4 is 10.7 Å². The maximum Gasteiger partial charge on any atom is 0.243 e. The average molecular weight is 281 g/mol. The molecule has 114 valence electrons. The van der Waals surface area contributed by atoms with E-state index in [0.29, 0.717) is 12.1 Å². The van der Waals surface area contributed by atoms with E-state index in [1.165, 1.54) is 12.8 Å². The number of carbonyl (C=O) groups excluding carboxylic acids is 1. The molecule has 1 amide bonds. The van der Waals surface area contributed by atoms with Gasteiger partial charge in [0.1, 0.15) is 0 Å². The number of rotatable bonds is 4.